The minimum Gasteiger partial charge on any atom is -0.390 e. The van der Waals surface area contributed by atoms with Crippen molar-refractivity contribution < 1.29 is 9.16 Å². The van der Waals surface area contributed by atoms with E-state index in [1.54, 1.807) is 0 Å². The van der Waals surface area contributed by atoms with E-state index in [0.717, 1.165) is 6.42 Å². The van der Waals surface area contributed by atoms with Crippen molar-refractivity contribution >= 4 is 8.32 Å². The monoisotopic (exact) mass is 228 g/mol. The summed E-state index contributed by atoms with van der Waals surface area (Å²) in [7, 11) is 0.337. The molecule has 2 aliphatic carbocycles. The predicted octanol–water partition coefficient (Wildman–Crippen LogP) is 3.53. The minimum atomic E-state index is -1.49. The first kappa shape index (κ1) is 11.6. The second-order valence-corrected chi connectivity index (χ2v) is 10.6. The largest absolute Gasteiger partial charge is 0.390 e. The van der Waals surface area contributed by atoms with Crippen LogP contribution in [0, 0.1) is 5.41 Å². The molecule has 0 heterocycles. The van der Waals surface area contributed by atoms with E-state index in [0.29, 0.717) is 5.41 Å². The maximum atomic E-state index is 6.30. The van der Waals surface area contributed by atoms with Crippen LogP contribution in [0.1, 0.15) is 38.5 Å². The van der Waals surface area contributed by atoms with E-state index in [9.17, 15) is 0 Å². The molecule has 88 valence electrons. The van der Waals surface area contributed by atoms with Gasteiger partial charge in [0.05, 0.1) is 0 Å². The molecule has 0 radical (unpaired) electrons. The van der Waals surface area contributed by atoms with Crippen molar-refractivity contribution in [3.8, 4) is 0 Å². The summed E-state index contributed by atoms with van der Waals surface area (Å²) in [5.41, 5.74) is 0.389. The summed E-state index contributed by atoms with van der Waals surface area (Å²) in [5, 5.41) is 0. The van der Waals surface area contributed by atoms with Crippen molar-refractivity contribution in [2.75, 3.05) is 7.11 Å². The zero-order valence-electron chi connectivity index (χ0n) is 10.6. The van der Waals surface area contributed by atoms with Crippen LogP contribution in [0.15, 0.2) is 0 Å². The van der Waals surface area contributed by atoms with E-state index in [1.807, 2.05) is 7.11 Å². The molecule has 0 aliphatic heterocycles. The summed E-state index contributed by atoms with van der Waals surface area (Å²) < 4.78 is 12.0. The summed E-state index contributed by atoms with van der Waals surface area (Å²) in [6.45, 7) is 6.76. The summed E-state index contributed by atoms with van der Waals surface area (Å²) in [5.74, 6) is -0.197. The molecule has 0 aromatic heterocycles. The zero-order chi connectivity index (χ0) is 11.2. The Kier molecular flexibility index (Phi) is 2.77. The third-order valence-electron chi connectivity index (χ3n) is 3.87. The Bertz CT molecular complexity index is 240. The van der Waals surface area contributed by atoms with Gasteiger partial charge in [0.2, 0.25) is 0 Å². The second-order valence-electron chi connectivity index (χ2n) is 6.19. The number of hydrogen-bond donors (Lipinski definition) is 0. The summed E-state index contributed by atoms with van der Waals surface area (Å²) >= 11 is 0. The van der Waals surface area contributed by atoms with Crippen LogP contribution in [0.2, 0.25) is 19.6 Å². The van der Waals surface area contributed by atoms with E-state index in [1.165, 1.54) is 32.1 Å². The van der Waals surface area contributed by atoms with Crippen LogP contribution in [-0.4, -0.2) is 21.2 Å². The highest BCUT2D eigenvalue weighted by Gasteiger charge is 2.70. The SMILES string of the molecule is COC1(O[Si](C)(C)C)CC12CCCCC2. The van der Waals surface area contributed by atoms with Crippen LogP contribution < -0.4 is 0 Å². The quantitative estimate of drug-likeness (QED) is 0.543. The van der Waals surface area contributed by atoms with Crippen LogP contribution in [0.25, 0.3) is 0 Å². The van der Waals surface area contributed by atoms with Crippen molar-refractivity contribution in [1.82, 2.24) is 0 Å². The van der Waals surface area contributed by atoms with Gasteiger partial charge < -0.3 is 9.16 Å². The average Bonchev–Trinajstić information content (AvgIpc) is 2.71. The number of hydrogen-bond acceptors (Lipinski definition) is 2. The molecule has 0 bridgehead atoms. The highest BCUT2D eigenvalue weighted by atomic mass is 28.4. The van der Waals surface area contributed by atoms with E-state index in [4.69, 9.17) is 9.16 Å². The molecule has 1 atom stereocenters. The average molecular weight is 228 g/mol. The van der Waals surface area contributed by atoms with Gasteiger partial charge in [-0.15, -0.1) is 0 Å². The molecule has 2 fully saturated rings. The van der Waals surface area contributed by atoms with Gasteiger partial charge in [-0.1, -0.05) is 19.3 Å². The van der Waals surface area contributed by atoms with Crippen LogP contribution in [0.4, 0.5) is 0 Å². The minimum absolute atomic E-state index is 0.197. The fourth-order valence-corrected chi connectivity index (χ4v) is 4.52. The van der Waals surface area contributed by atoms with Gasteiger partial charge in [0.1, 0.15) is 0 Å². The van der Waals surface area contributed by atoms with Gasteiger partial charge in [-0.3, -0.25) is 0 Å². The Morgan fingerprint density at radius 2 is 1.60 bits per heavy atom. The first-order chi connectivity index (χ1) is 6.93. The van der Waals surface area contributed by atoms with Gasteiger partial charge in [-0.05, 0) is 32.5 Å². The van der Waals surface area contributed by atoms with Crippen LogP contribution >= 0.6 is 0 Å². The highest BCUT2D eigenvalue weighted by Crippen LogP contribution is 2.67. The number of ether oxygens (including phenoxy) is 1. The van der Waals surface area contributed by atoms with Gasteiger partial charge in [-0.25, -0.2) is 0 Å². The Labute approximate surface area is 94.5 Å². The molecule has 1 spiro atoms. The third kappa shape index (κ3) is 2.02. The van der Waals surface area contributed by atoms with Crippen LogP contribution in [0.5, 0.6) is 0 Å². The molecule has 0 N–H and O–H groups in total. The first-order valence-corrected chi connectivity index (χ1v) is 9.59. The molecule has 1 unspecified atom stereocenters. The first-order valence-electron chi connectivity index (χ1n) is 6.18. The molecule has 3 heteroatoms. The molecular formula is C12H24O2Si. The Morgan fingerprint density at radius 1 is 1.00 bits per heavy atom. The second kappa shape index (κ2) is 3.57. The topological polar surface area (TPSA) is 18.5 Å². The standard InChI is InChI=1S/C12H24O2Si/c1-13-12(14-15(2,3)4)10-11(12)8-6-5-7-9-11/h5-10H2,1-4H3. The molecule has 0 aromatic rings. The van der Waals surface area contributed by atoms with E-state index < -0.39 is 8.32 Å². The fourth-order valence-electron chi connectivity index (χ4n) is 3.16. The molecule has 0 amide bonds. The lowest BCUT2D eigenvalue weighted by atomic mass is 9.85. The number of rotatable bonds is 3. The van der Waals surface area contributed by atoms with Gasteiger partial charge in [0.25, 0.3) is 0 Å². The lowest BCUT2D eigenvalue weighted by Crippen LogP contribution is -2.39. The normalized spacial score (nSPS) is 34.4. The molecule has 2 aliphatic rings. The number of methoxy groups -OCH3 is 1. The Morgan fingerprint density at radius 3 is 2.07 bits per heavy atom. The van der Waals surface area contributed by atoms with Gasteiger partial charge in [-0.2, -0.15) is 0 Å². The maximum Gasteiger partial charge on any atom is 0.187 e. The molecule has 2 rings (SSSR count). The summed E-state index contributed by atoms with van der Waals surface area (Å²) in [6.07, 6.45) is 7.88. The summed E-state index contributed by atoms with van der Waals surface area (Å²) in [6, 6.07) is 0. The Balaban J connectivity index is 2.06. The highest BCUT2D eigenvalue weighted by molar-refractivity contribution is 6.69. The predicted molar refractivity (Wildman–Crippen MR) is 64.3 cm³/mol. The van der Waals surface area contributed by atoms with Crippen LogP contribution in [-0.2, 0) is 9.16 Å². The van der Waals surface area contributed by atoms with Crippen LogP contribution in [0.3, 0.4) is 0 Å². The van der Waals surface area contributed by atoms with E-state index >= 15 is 0 Å². The Hall–Kier alpha value is 0.137. The lowest BCUT2D eigenvalue weighted by molar-refractivity contribution is -0.123. The molecule has 0 saturated heterocycles. The lowest BCUT2D eigenvalue weighted by Gasteiger charge is -2.32. The molecule has 15 heavy (non-hydrogen) atoms. The van der Waals surface area contributed by atoms with Gasteiger partial charge in [0.15, 0.2) is 14.1 Å². The van der Waals surface area contributed by atoms with Crippen molar-refractivity contribution in [1.29, 1.82) is 0 Å². The zero-order valence-corrected chi connectivity index (χ0v) is 11.6. The molecule has 2 nitrogen and oxygen atoms in total. The molecular weight excluding hydrogens is 204 g/mol. The van der Waals surface area contributed by atoms with Crippen molar-refractivity contribution in [3.05, 3.63) is 0 Å². The van der Waals surface area contributed by atoms with Gasteiger partial charge in [0, 0.05) is 18.9 Å². The third-order valence-corrected chi connectivity index (χ3v) is 4.81. The van der Waals surface area contributed by atoms with E-state index in [2.05, 4.69) is 19.6 Å². The molecule has 2 saturated carbocycles. The van der Waals surface area contributed by atoms with Crippen molar-refractivity contribution in [3.63, 3.8) is 0 Å². The fraction of sp³-hybridized carbons (Fsp3) is 1.00. The van der Waals surface area contributed by atoms with Gasteiger partial charge >= 0.3 is 0 Å². The smallest absolute Gasteiger partial charge is 0.187 e. The van der Waals surface area contributed by atoms with Crippen molar-refractivity contribution in [2.24, 2.45) is 5.41 Å². The van der Waals surface area contributed by atoms with E-state index in [-0.39, 0.29) is 5.79 Å². The maximum absolute atomic E-state index is 6.30. The van der Waals surface area contributed by atoms with Crippen molar-refractivity contribution in [2.45, 2.75) is 64.0 Å². The summed E-state index contributed by atoms with van der Waals surface area (Å²) in [4.78, 5) is 0. The molecule has 0 aromatic carbocycles.